The highest BCUT2D eigenvalue weighted by molar-refractivity contribution is 9.10. The molecule has 0 amide bonds. The summed E-state index contributed by atoms with van der Waals surface area (Å²) in [5.41, 5.74) is 0.145. The second-order valence-corrected chi connectivity index (χ2v) is 6.15. The summed E-state index contributed by atoms with van der Waals surface area (Å²) >= 11 is 7.67. The van der Waals surface area contributed by atoms with Gasteiger partial charge in [0, 0.05) is 16.1 Å². The van der Waals surface area contributed by atoms with Gasteiger partial charge in [0.1, 0.15) is 0 Å². The number of rotatable bonds is 1. The molecule has 1 aliphatic carbocycles. The first-order valence-corrected chi connectivity index (χ1v) is 7.15. The fourth-order valence-corrected chi connectivity index (χ4v) is 3.02. The number of hydrogen-bond donors (Lipinski definition) is 1. The van der Waals surface area contributed by atoms with Crippen molar-refractivity contribution in [3.8, 4) is 0 Å². The van der Waals surface area contributed by atoms with Gasteiger partial charge in [-0.2, -0.15) is 0 Å². The minimum atomic E-state index is -1.36. The van der Waals surface area contributed by atoms with E-state index in [1.54, 1.807) is 0 Å². The van der Waals surface area contributed by atoms with Gasteiger partial charge < -0.3 is 5.11 Å². The lowest BCUT2D eigenvalue weighted by Crippen LogP contribution is -2.39. The van der Waals surface area contributed by atoms with Crippen molar-refractivity contribution >= 4 is 33.0 Å². The van der Waals surface area contributed by atoms with E-state index in [1.165, 1.54) is 10.0 Å². The molecule has 0 aromatic heterocycles. The molecule has 2 atom stereocenters. The van der Waals surface area contributed by atoms with Crippen molar-refractivity contribution in [2.24, 2.45) is 17.8 Å². The fraction of sp³-hybridized carbons (Fsp3) is 0.500. The van der Waals surface area contributed by atoms with E-state index < -0.39 is 5.43 Å². The minimum Gasteiger partial charge on any atom is -0.469 e. The normalized spacial score (nSPS) is 29.8. The monoisotopic (exact) mass is 332 g/mol. The zero-order valence-corrected chi connectivity index (χ0v) is 13.1. The maximum Gasteiger partial charge on any atom is 0.401 e. The lowest BCUT2D eigenvalue weighted by atomic mass is 9.57. The highest BCUT2D eigenvalue weighted by Crippen LogP contribution is 2.51. The maximum atomic E-state index is 8.77. The number of carbonyl (C=O) groups is 1. The molecule has 0 heterocycles. The lowest BCUT2D eigenvalue weighted by Gasteiger charge is -2.48. The van der Waals surface area contributed by atoms with Crippen LogP contribution in [0.3, 0.4) is 0 Å². The quantitative estimate of drug-likeness (QED) is 0.703. The molecule has 2 rings (SSSR count). The molecule has 1 aromatic carbocycles. The Kier molecular flexibility index (Phi) is 5.67. The molecule has 0 bridgehead atoms. The van der Waals surface area contributed by atoms with Gasteiger partial charge in [-0.15, -0.1) is 0 Å². The highest BCUT2D eigenvalue weighted by Gasteiger charge is 2.42. The lowest BCUT2D eigenvalue weighted by molar-refractivity contribution is 0.0756. The average molecular weight is 334 g/mol. The second-order valence-electron chi connectivity index (χ2n) is 4.91. The Labute approximate surface area is 121 Å². The van der Waals surface area contributed by atoms with Gasteiger partial charge in [0.05, 0.1) is 0 Å². The van der Waals surface area contributed by atoms with E-state index in [1.807, 2.05) is 0 Å². The summed E-state index contributed by atoms with van der Waals surface area (Å²) < 4.78 is 1.17. The Balaban J connectivity index is 0.000000357. The van der Waals surface area contributed by atoms with Gasteiger partial charge in [0.15, 0.2) is 0 Å². The van der Waals surface area contributed by atoms with Crippen molar-refractivity contribution in [1.29, 1.82) is 0 Å². The molecule has 2 nitrogen and oxygen atoms in total. The van der Waals surface area contributed by atoms with Crippen LogP contribution in [0.2, 0.25) is 0 Å². The van der Waals surface area contributed by atoms with Gasteiger partial charge in [-0.05, 0) is 41.4 Å². The number of hydrogen-bond acceptors (Lipinski definition) is 1. The van der Waals surface area contributed by atoms with Crippen LogP contribution in [0.4, 0.5) is 4.79 Å². The molecule has 1 aromatic rings. The predicted octanol–water partition coefficient (Wildman–Crippen LogP) is 5.36. The van der Waals surface area contributed by atoms with Crippen molar-refractivity contribution < 1.29 is 9.90 Å². The summed E-state index contributed by atoms with van der Waals surface area (Å²) in [7, 11) is 0. The van der Waals surface area contributed by atoms with E-state index in [2.05, 4.69) is 72.6 Å². The summed E-state index contributed by atoms with van der Waals surface area (Å²) in [5, 5.41) is 7.18. The number of halogens is 2. The van der Waals surface area contributed by atoms with Crippen molar-refractivity contribution in [3.63, 3.8) is 0 Å². The summed E-state index contributed by atoms with van der Waals surface area (Å²) in [4.78, 5) is 8.77. The van der Waals surface area contributed by atoms with Crippen LogP contribution in [0, 0.1) is 17.8 Å². The first kappa shape index (κ1) is 15.5. The minimum absolute atomic E-state index is 0.776. The summed E-state index contributed by atoms with van der Waals surface area (Å²) in [6.45, 7) is 7.11. The third-order valence-electron chi connectivity index (χ3n) is 4.05. The van der Waals surface area contributed by atoms with E-state index in [9.17, 15) is 0 Å². The zero-order chi connectivity index (χ0) is 13.9. The Morgan fingerprint density at radius 2 is 1.50 bits per heavy atom. The predicted molar refractivity (Wildman–Crippen MR) is 78.3 cm³/mol. The van der Waals surface area contributed by atoms with Crippen molar-refractivity contribution in [2.75, 3.05) is 0 Å². The Hall–Kier alpha value is -0.540. The standard InChI is InChI=1S/C13H17Br.CHClO2/c1-8-9(2)13(10(8)3)11-4-6-12(14)7-5-11;2-1(3)4/h4-10,13H,1-3H3;(H,3,4). The molecule has 0 saturated heterocycles. The van der Waals surface area contributed by atoms with Gasteiger partial charge in [-0.1, -0.05) is 48.8 Å². The summed E-state index contributed by atoms with van der Waals surface area (Å²) in [5.74, 6) is 3.33. The van der Waals surface area contributed by atoms with Gasteiger partial charge in [-0.3, -0.25) is 0 Å². The topological polar surface area (TPSA) is 37.3 Å². The van der Waals surface area contributed by atoms with Crippen LogP contribution in [0.25, 0.3) is 0 Å². The molecular weight excluding hydrogens is 316 g/mol. The summed E-state index contributed by atoms with van der Waals surface area (Å²) in [6.07, 6.45) is 0. The van der Waals surface area contributed by atoms with Crippen LogP contribution in [-0.4, -0.2) is 10.5 Å². The third kappa shape index (κ3) is 3.72. The molecule has 1 saturated carbocycles. The molecule has 2 unspecified atom stereocenters. The largest absolute Gasteiger partial charge is 0.469 e. The molecule has 0 radical (unpaired) electrons. The van der Waals surface area contributed by atoms with Gasteiger partial charge in [0.25, 0.3) is 0 Å². The van der Waals surface area contributed by atoms with Crippen molar-refractivity contribution in [2.45, 2.75) is 26.7 Å². The third-order valence-corrected chi connectivity index (χ3v) is 4.58. The number of benzene rings is 1. The Morgan fingerprint density at radius 3 is 1.89 bits per heavy atom. The molecule has 0 spiro atoms. The van der Waals surface area contributed by atoms with Crippen LogP contribution in [0.5, 0.6) is 0 Å². The highest BCUT2D eigenvalue weighted by atomic mass is 79.9. The van der Waals surface area contributed by atoms with Crippen molar-refractivity contribution in [3.05, 3.63) is 34.3 Å². The molecule has 1 fully saturated rings. The van der Waals surface area contributed by atoms with Crippen LogP contribution in [-0.2, 0) is 0 Å². The fourth-order valence-electron chi connectivity index (χ4n) is 2.76. The van der Waals surface area contributed by atoms with E-state index >= 15 is 0 Å². The molecular formula is C14H18BrClO2. The Bertz CT molecular complexity index is 391. The number of carboxylic acid groups (broad SMARTS) is 1. The van der Waals surface area contributed by atoms with E-state index in [4.69, 9.17) is 9.90 Å². The van der Waals surface area contributed by atoms with Crippen LogP contribution in [0.1, 0.15) is 32.3 Å². The molecule has 100 valence electrons. The second kappa shape index (κ2) is 6.58. The average Bonchev–Trinajstić information content (AvgIpc) is 2.31. The zero-order valence-electron chi connectivity index (χ0n) is 10.7. The molecule has 0 aliphatic heterocycles. The van der Waals surface area contributed by atoms with Gasteiger partial charge in [0.2, 0.25) is 0 Å². The van der Waals surface area contributed by atoms with E-state index in [-0.39, 0.29) is 0 Å². The SMILES string of the molecule is CC1C(C)C(c2ccc(Br)cc2)C1C.O=C(O)Cl. The van der Waals surface area contributed by atoms with Crippen molar-refractivity contribution in [1.82, 2.24) is 0 Å². The molecule has 1 aliphatic rings. The van der Waals surface area contributed by atoms with Gasteiger partial charge in [-0.25, -0.2) is 4.79 Å². The first-order valence-electron chi connectivity index (χ1n) is 5.98. The van der Waals surface area contributed by atoms with E-state index in [0.717, 1.165) is 23.7 Å². The smallest absolute Gasteiger partial charge is 0.401 e. The van der Waals surface area contributed by atoms with Crippen LogP contribution < -0.4 is 0 Å². The maximum absolute atomic E-state index is 8.77. The molecule has 1 N–H and O–H groups in total. The Morgan fingerprint density at radius 1 is 1.11 bits per heavy atom. The summed E-state index contributed by atoms with van der Waals surface area (Å²) in [6, 6.07) is 8.82. The first-order chi connectivity index (χ1) is 8.34. The van der Waals surface area contributed by atoms with Gasteiger partial charge >= 0.3 is 5.43 Å². The molecule has 18 heavy (non-hydrogen) atoms. The molecule has 4 heteroatoms. The van der Waals surface area contributed by atoms with Crippen LogP contribution >= 0.6 is 27.5 Å². The van der Waals surface area contributed by atoms with Crippen LogP contribution in [0.15, 0.2) is 28.7 Å². The van der Waals surface area contributed by atoms with E-state index in [0.29, 0.717) is 0 Å².